The van der Waals surface area contributed by atoms with E-state index >= 15 is 0 Å². The molecule has 7 heteroatoms. The Morgan fingerprint density at radius 3 is 2.95 bits per heavy atom. The summed E-state index contributed by atoms with van der Waals surface area (Å²) in [6, 6.07) is 1.67. The molecule has 1 atom stereocenters. The standard InChI is InChI=1S/C14H14ClF2NO2S/c1-19-13-11(15)6-7-18-12(13)8-21-10-4-2-9(3-5-10)20-14(16)17/h2-4,6-7,10,14H,5,8H2,1H3. The number of pyridine rings is 1. The summed E-state index contributed by atoms with van der Waals surface area (Å²) in [6.07, 6.45) is 7.33. The highest BCUT2D eigenvalue weighted by Gasteiger charge is 2.15. The van der Waals surface area contributed by atoms with Crippen molar-refractivity contribution in [3.63, 3.8) is 0 Å². The number of halogens is 3. The van der Waals surface area contributed by atoms with E-state index in [4.69, 9.17) is 16.3 Å². The number of aromatic nitrogens is 1. The van der Waals surface area contributed by atoms with E-state index in [1.54, 1.807) is 43.3 Å². The average molecular weight is 334 g/mol. The Morgan fingerprint density at radius 1 is 1.52 bits per heavy atom. The number of ether oxygens (including phenoxy) is 2. The van der Waals surface area contributed by atoms with Crippen LogP contribution in [0.4, 0.5) is 8.78 Å². The van der Waals surface area contributed by atoms with Gasteiger partial charge >= 0.3 is 6.61 Å². The fourth-order valence-corrected chi connectivity index (χ4v) is 3.11. The first-order valence-electron chi connectivity index (χ1n) is 6.22. The average Bonchev–Trinajstić information content (AvgIpc) is 2.46. The molecule has 0 saturated heterocycles. The lowest BCUT2D eigenvalue weighted by atomic mass is 10.2. The third kappa shape index (κ3) is 4.61. The minimum Gasteiger partial charge on any atom is -0.493 e. The zero-order valence-electron chi connectivity index (χ0n) is 11.3. The fraction of sp³-hybridized carbons (Fsp3) is 0.357. The minimum absolute atomic E-state index is 0.181. The molecule has 0 N–H and O–H groups in total. The van der Waals surface area contributed by atoms with Crippen LogP contribution in [0.15, 0.2) is 36.3 Å². The molecule has 0 aromatic carbocycles. The number of rotatable bonds is 6. The van der Waals surface area contributed by atoms with Gasteiger partial charge in [0.05, 0.1) is 17.8 Å². The molecule has 114 valence electrons. The topological polar surface area (TPSA) is 31.4 Å². The fourth-order valence-electron chi connectivity index (χ4n) is 1.86. The van der Waals surface area contributed by atoms with E-state index in [0.717, 1.165) is 5.69 Å². The molecular weight excluding hydrogens is 320 g/mol. The maximum Gasteiger partial charge on any atom is 0.387 e. The lowest BCUT2D eigenvalue weighted by molar-refractivity contribution is -0.0924. The Morgan fingerprint density at radius 2 is 2.33 bits per heavy atom. The molecule has 1 aliphatic carbocycles. The molecule has 0 aliphatic heterocycles. The third-order valence-corrected chi connectivity index (χ3v) is 4.34. The third-order valence-electron chi connectivity index (χ3n) is 2.82. The van der Waals surface area contributed by atoms with Gasteiger partial charge in [0.15, 0.2) is 5.75 Å². The predicted molar refractivity (Wildman–Crippen MR) is 79.8 cm³/mol. The van der Waals surface area contributed by atoms with Crippen molar-refractivity contribution < 1.29 is 18.3 Å². The van der Waals surface area contributed by atoms with Crippen molar-refractivity contribution in [3.05, 3.63) is 47.0 Å². The first-order valence-corrected chi connectivity index (χ1v) is 7.65. The Bertz CT molecular complexity index is 552. The molecular formula is C14H14ClF2NO2S. The van der Waals surface area contributed by atoms with Crippen molar-refractivity contribution in [2.24, 2.45) is 0 Å². The van der Waals surface area contributed by atoms with Crippen molar-refractivity contribution in [1.29, 1.82) is 0 Å². The van der Waals surface area contributed by atoms with Crippen LogP contribution in [-0.2, 0) is 10.5 Å². The summed E-state index contributed by atoms with van der Waals surface area (Å²) in [4.78, 5) is 4.26. The summed E-state index contributed by atoms with van der Waals surface area (Å²) < 4.78 is 33.7. The van der Waals surface area contributed by atoms with Crippen LogP contribution in [-0.4, -0.2) is 24.0 Å². The van der Waals surface area contributed by atoms with E-state index in [1.807, 2.05) is 6.08 Å². The predicted octanol–water partition coefficient (Wildman–Crippen LogP) is 4.43. The first-order chi connectivity index (χ1) is 10.1. The molecule has 1 heterocycles. The van der Waals surface area contributed by atoms with Crippen LogP contribution < -0.4 is 4.74 Å². The zero-order valence-corrected chi connectivity index (χ0v) is 12.8. The van der Waals surface area contributed by atoms with Crippen molar-refractivity contribution in [2.45, 2.75) is 24.0 Å². The molecule has 1 aliphatic rings. The van der Waals surface area contributed by atoms with Gasteiger partial charge in [-0.3, -0.25) is 4.98 Å². The molecule has 0 amide bonds. The maximum atomic E-state index is 12.1. The van der Waals surface area contributed by atoms with Crippen LogP contribution in [0.3, 0.4) is 0 Å². The molecule has 1 aromatic rings. The van der Waals surface area contributed by atoms with Crippen LogP contribution in [0.2, 0.25) is 5.02 Å². The van der Waals surface area contributed by atoms with E-state index in [-0.39, 0.29) is 11.0 Å². The van der Waals surface area contributed by atoms with Crippen LogP contribution in [0.25, 0.3) is 0 Å². The van der Waals surface area contributed by atoms with Gasteiger partial charge in [0.25, 0.3) is 0 Å². The van der Waals surface area contributed by atoms with Gasteiger partial charge in [-0.25, -0.2) is 0 Å². The van der Waals surface area contributed by atoms with Crippen molar-refractivity contribution in [3.8, 4) is 5.75 Å². The Hall–Kier alpha value is -1.27. The molecule has 2 rings (SSSR count). The van der Waals surface area contributed by atoms with Crippen molar-refractivity contribution in [2.75, 3.05) is 7.11 Å². The van der Waals surface area contributed by atoms with E-state index in [2.05, 4.69) is 9.72 Å². The molecule has 1 unspecified atom stereocenters. The molecule has 0 bridgehead atoms. The second-order valence-corrected chi connectivity index (χ2v) is 5.84. The Labute approximate surface area is 131 Å². The smallest absolute Gasteiger partial charge is 0.387 e. The molecule has 21 heavy (non-hydrogen) atoms. The number of methoxy groups -OCH3 is 1. The maximum absolute atomic E-state index is 12.1. The summed E-state index contributed by atoms with van der Waals surface area (Å²) in [7, 11) is 1.55. The van der Waals surface area contributed by atoms with Crippen LogP contribution in [0.5, 0.6) is 5.75 Å². The quantitative estimate of drug-likeness (QED) is 0.770. The normalized spacial score (nSPS) is 17.8. The SMILES string of the molecule is COc1c(Cl)ccnc1CSC1C=CC(OC(F)F)=CC1. The highest BCUT2D eigenvalue weighted by molar-refractivity contribution is 7.99. The Kier molecular flexibility index (Phi) is 5.87. The lowest BCUT2D eigenvalue weighted by Crippen LogP contribution is -2.06. The van der Waals surface area contributed by atoms with Crippen molar-refractivity contribution in [1.82, 2.24) is 4.98 Å². The van der Waals surface area contributed by atoms with Gasteiger partial charge in [-0.2, -0.15) is 8.78 Å². The van der Waals surface area contributed by atoms with Gasteiger partial charge in [0.2, 0.25) is 0 Å². The summed E-state index contributed by atoms with van der Waals surface area (Å²) in [6.45, 7) is -2.79. The highest BCUT2D eigenvalue weighted by atomic mass is 35.5. The second-order valence-electron chi connectivity index (χ2n) is 4.20. The van der Waals surface area contributed by atoms with E-state index in [0.29, 0.717) is 22.9 Å². The summed E-state index contributed by atoms with van der Waals surface area (Å²) >= 11 is 7.67. The summed E-state index contributed by atoms with van der Waals surface area (Å²) in [5.74, 6) is 1.40. The second kappa shape index (κ2) is 7.66. The largest absolute Gasteiger partial charge is 0.493 e. The monoisotopic (exact) mass is 333 g/mol. The number of thioether (sulfide) groups is 1. The molecule has 0 saturated carbocycles. The number of hydrogen-bond acceptors (Lipinski definition) is 4. The lowest BCUT2D eigenvalue weighted by Gasteiger charge is -2.16. The van der Waals surface area contributed by atoms with E-state index < -0.39 is 6.61 Å². The molecule has 0 spiro atoms. The van der Waals surface area contributed by atoms with Gasteiger partial charge in [-0.15, -0.1) is 11.8 Å². The molecule has 0 radical (unpaired) electrons. The van der Waals surface area contributed by atoms with Crippen molar-refractivity contribution >= 4 is 23.4 Å². The summed E-state index contributed by atoms with van der Waals surface area (Å²) in [5, 5.41) is 0.704. The van der Waals surface area contributed by atoms with Gasteiger partial charge in [-0.1, -0.05) is 17.7 Å². The molecule has 3 nitrogen and oxygen atoms in total. The highest BCUT2D eigenvalue weighted by Crippen LogP contribution is 2.32. The number of nitrogens with zero attached hydrogens (tertiary/aromatic N) is 1. The van der Waals surface area contributed by atoms with Crippen LogP contribution >= 0.6 is 23.4 Å². The van der Waals surface area contributed by atoms with Gasteiger partial charge in [0.1, 0.15) is 5.76 Å². The number of alkyl halides is 2. The Balaban J connectivity index is 1.90. The minimum atomic E-state index is -2.79. The zero-order chi connectivity index (χ0) is 15.2. The van der Waals surface area contributed by atoms with Gasteiger partial charge in [-0.05, 0) is 24.6 Å². The van der Waals surface area contributed by atoms with E-state index in [1.165, 1.54) is 0 Å². The molecule has 1 aromatic heterocycles. The van der Waals surface area contributed by atoms with E-state index in [9.17, 15) is 8.78 Å². The van der Waals surface area contributed by atoms with Crippen LogP contribution in [0.1, 0.15) is 12.1 Å². The van der Waals surface area contributed by atoms with Gasteiger partial charge in [0, 0.05) is 17.2 Å². The van der Waals surface area contributed by atoms with Gasteiger partial charge < -0.3 is 9.47 Å². The summed E-state index contributed by atoms with van der Waals surface area (Å²) in [5.41, 5.74) is 0.766. The number of allylic oxidation sites excluding steroid dienone is 2. The number of hydrogen-bond donors (Lipinski definition) is 0. The molecule has 0 fully saturated rings. The first kappa shape index (κ1) is 16.1. The van der Waals surface area contributed by atoms with Crippen LogP contribution in [0, 0.1) is 0 Å².